The van der Waals surface area contributed by atoms with Crippen LogP contribution in [-0.4, -0.2) is 24.2 Å². The number of nitrogens with one attached hydrogen (secondary N) is 1. The molecule has 0 bridgehead atoms. The SMILES string of the molecule is Cc1cc(C(=O)NCCOc2ccc(C(C)(C)C)cc2)no1. The summed E-state index contributed by atoms with van der Waals surface area (Å²) in [5.41, 5.74) is 1.67. The van der Waals surface area contributed by atoms with Crippen LogP contribution >= 0.6 is 0 Å². The Labute approximate surface area is 130 Å². The van der Waals surface area contributed by atoms with Gasteiger partial charge in [-0.15, -0.1) is 0 Å². The van der Waals surface area contributed by atoms with Crippen LogP contribution in [0.4, 0.5) is 0 Å². The Kier molecular flexibility index (Phi) is 4.85. The zero-order chi connectivity index (χ0) is 16.2. The Morgan fingerprint density at radius 3 is 2.50 bits per heavy atom. The second kappa shape index (κ2) is 6.64. The molecule has 0 radical (unpaired) electrons. The van der Waals surface area contributed by atoms with Gasteiger partial charge in [-0.3, -0.25) is 4.79 Å². The summed E-state index contributed by atoms with van der Waals surface area (Å²) in [6, 6.07) is 9.62. The van der Waals surface area contributed by atoms with E-state index in [1.165, 1.54) is 5.56 Å². The number of hydrogen-bond donors (Lipinski definition) is 1. The van der Waals surface area contributed by atoms with Crippen LogP contribution in [0, 0.1) is 6.92 Å². The highest BCUT2D eigenvalue weighted by molar-refractivity contribution is 5.92. The van der Waals surface area contributed by atoms with Crippen LogP contribution in [0.3, 0.4) is 0 Å². The van der Waals surface area contributed by atoms with Crippen molar-refractivity contribution in [3.63, 3.8) is 0 Å². The van der Waals surface area contributed by atoms with Crippen LogP contribution < -0.4 is 10.1 Å². The summed E-state index contributed by atoms with van der Waals surface area (Å²) < 4.78 is 10.5. The molecule has 0 fully saturated rings. The van der Waals surface area contributed by atoms with Crippen molar-refractivity contribution < 1.29 is 14.1 Å². The second-order valence-electron chi connectivity index (χ2n) is 6.20. The number of rotatable bonds is 5. The number of benzene rings is 1. The third kappa shape index (κ3) is 4.35. The maximum atomic E-state index is 11.7. The Bertz CT molecular complexity index is 624. The van der Waals surface area contributed by atoms with Gasteiger partial charge in [-0.1, -0.05) is 38.1 Å². The van der Waals surface area contributed by atoms with E-state index in [2.05, 4.69) is 43.4 Å². The number of carbonyl (C=O) groups excluding carboxylic acids is 1. The van der Waals surface area contributed by atoms with Gasteiger partial charge in [0, 0.05) is 6.07 Å². The minimum absolute atomic E-state index is 0.127. The molecule has 0 aliphatic carbocycles. The fraction of sp³-hybridized carbons (Fsp3) is 0.412. The molecule has 118 valence electrons. The summed E-state index contributed by atoms with van der Waals surface area (Å²) in [6.07, 6.45) is 0. The number of nitrogens with zero attached hydrogens (tertiary/aromatic N) is 1. The van der Waals surface area contributed by atoms with Gasteiger partial charge < -0.3 is 14.6 Å². The van der Waals surface area contributed by atoms with Crippen molar-refractivity contribution in [1.82, 2.24) is 10.5 Å². The molecule has 1 amide bonds. The predicted octanol–water partition coefficient (Wildman–Crippen LogP) is 3.09. The van der Waals surface area contributed by atoms with Crippen LogP contribution in [0.5, 0.6) is 5.75 Å². The molecule has 1 aromatic heterocycles. The standard InChI is InChI=1S/C17H22N2O3/c1-12-11-15(19-22-12)16(20)18-9-10-21-14-7-5-13(6-8-14)17(2,3)4/h5-8,11H,9-10H2,1-4H3,(H,18,20). The molecule has 0 unspecified atom stereocenters. The first-order valence-corrected chi connectivity index (χ1v) is 7.31. The highest BCUT2D eigenvalue weighted by Gasteiger charge is 2.13. The van der Waals surface area contributed by atoms with E-state index >= 15 is 0 Å². The molecule has 22 heavy (non-hydrogen) atoms. The predicted molar refractivity (Wildman–Crippen MR) is 84.2 cm³/mol. The van der Waals surface area contributed by atoms with Crippen molar-refractivity contribution in [2.24, 2.45) is 0 Å². The van der Waals surface area contributed by atoms with Gasteiger partial charge in [-0.05, 0) is 30.0 Å². The Morgan fingerprint density at radius 2 is 1.95 bits per heavy atom. The first kappa shape index (κ1) is 16.1. The molecule has 0 aliphatic heterocycles. The lowest BCUT2D eigenvalue weighted by Crippen LogP contribution is -2.28. The maximum Gasteiger partial charge on any atom is 0.273 e. The number of aryl methyl sites for hydroxylation is 1. The first-order chi connectivity index (χ1) is 10.4. The average Bonchev–Trinajstić information content (AvgIpc) is 2.89. The molecule has 0 atom stereocenters. The molecule has 0 aliphatic rings. The van der Waals surface area contributed by atoms with Crippen molar-refractivity contribution in [3.05, 3.63) is 47.3 Å². The lowest BCUT2D eigenvalue weighted by molar-refractivity contribution is 0.0938. The first-order valence-electron chi connectivity index (χ1n) is 7.31. The molecule has 0 spiro atoms. The smallest absolute Gasteiger partial charge is 0.273 e. The number of carbonyl (C=O) groups is 1. The van der Waals surface area contributed by atoms with Gasteiger partial charge in [-0.2, -0.15) is 0 Å². The zero-order valence-corrected chi connectivity index (χ0v) is 13.5. The largest absolute Gasteiger partial charge is 0.492 e. The van der Waals surface area contributed by atoms with Crippen LogP contribution in [0.25, 0.3) is 0 Å². The van der Waals surface area contributed by atoms with Crippen LogP contribution in [0.1, 0.15) is 42.6 Å². The van der Waals surface area contributed by atoms with Crippen molar-refractivity contribution in [3.8, 4) is 5.75 Å². The quantitative estimate of drug-likeness (QED) is 0.862. The molecule has 1 N–H and O–H groups in total. The van der Waals surface area contributed by atoms with Crippen molar-refractivity contribution in [2.45, 2.75) is 33.1 Å². The molecule has 5 nitrogen and oxygen atoms in total. The van der Waals surface area contributed by atoms with Crippen molar-refractivity contribution >= 4 is 5.91 Å². The maximum absolute atomic E-state index is 11.7. The van der Waals surface area contributed by atoms with Crippen molar-refractivity contribution in [1.29, 1.82) is 0 Å². The normalized spacial score (nSPS) is 11.3. The van der Waals surface area contributed by atoms with Gasteiger partial charge >= 0.3 is 0 Å². The van der Waals surface area contributed by atoms with Gasteiger partial charge in [0.05, 0.1) is 6.54 Å². The molecular formula is C17H22N2O3. The van der Waals surface area contributed by atoms with Crippen LogP contribution in [0.15, 0.2) is 34.9 Å². The number of aromatic nitrogens is 1. The Balaban J connectivity index is 1.76. The van der Waals surface area contributed by atoms with Gasteiger partial charge in [0.1, 0.15) is 18.1 Å². The molecule has 0 saturated carbocycles. The topological polar surface area (TPSA) is 64.4 Å². The summed E-state index contributed by atoms with van der Waals surface area (Å²) in [5.74, 6) is 1.14. The zero-order valence-electron chi connectivity index (χ0n) is 13.5. The molecule has 5 heteroatoms. The Morgan fingerprint density at radius 1 is 1.27 bits per heavy atom. The van der Waals surface area contributed by atoms with E-state index in [1.54, 1.807) is 13.0 Å². The third-order valence-corrected chi connectivity index (χ3v) is 3.24. The van der Waals surface area contributed by atoms with E-state index in [1.807, 2.05) is 12.1 Å². The minimum Gasteiger partial charge on any atom is -0.492 e. The summed E-state index contributed by atoms with van der Waals surface area (Å²) in [5, 5.41) is 6.39. The summed E-state index contributed by atoms with van der Waals surface area (Å²) in [6.45, 7) is 9.06. The molecule has 2 rings (SSSR count). The van der Waals surface area contributed by atoms with E-state index in [0.717, 1.165) is 5.75 Å². The van der Waals surface area contributed by atoms with Gasteiger partial charge in [0.15, 0.2) is 5.69 Å². The number of amides is 1. The van der Waals surface area contributed by atoms with E-state index < -0.39 is 0 Å². The molecule has 0 saturated heterocycles. The van der Waals surface area contributed by atoms with Gasteiger partial charge in [-0.25, -0.2) is 0 Å². The summed E-state index contributed by atoms with van der Waals surface area (Å²) >= 11 is 0. The number of ether oxygens (including phenoxy) is 1. The average molecular weight is 302 g/mol. The monoisotopic (exact) mass is 302 g/mol. The van der Waals surface area contributed by atoms with E-state index in [4.69, 9.17) is 9.26 Å². The third-order valence-electron chi connectivity index (χ3n) is 3.24. The fourth-order valence-corrected chi connectivity index (χ4v) is 1.95. The summed E-state index contributed by atoms with van der Waals surface area (Å²) in [4.78, 5) is 11.7. The highest BCUT2D eigenvalue weighted by Crippen LogP contribution is 2.24. The fourth-order valence-electron chi connectivity index (χ4n) is 1.95. The van der Waals surface area contributed by atoms with Crippen molar-refractivity contribution in [2.75, 3.05) is 13.2 Å². The Hall–Kier alpha value is -2.30. The van der Waals surface area contributed by atoms with E-state index in [-0.39, 0.29) is 17.0 Å². The van der Waals surface area contributed by atoms with E-state index in [0.29, 0.717) is 18.9 Å². The molecular weight excluding hydrogens is 280 g/mol. The van der Waals surface area contributed by atoms with Gasteiger partial charge in [0.2, 0.25) is 0 Å². The lowest BCUT2D eigenvalue weighted by Gasteiger charge is -2.19. The van der Waals surface area contributed by atoms with E-state index in [9.17, 15) is 4.79 Å². The highest BCUT2D eigenvalue weighted by atomic mass is 16.5. The molecule has 1 aromatic carbocycles. The second-order valence-corrected chi connectivity index (χ2v) is 6.20. The number of hydrogen-bond acceptors (Lipinski definition) is 4. The summed E-state index contributed by atoms with van der Waals surface area (Å²) in [7, 11) is 0. The van der Waals surface area contributed by atoms with Crippen LogP contribution in [0.2, 0.25) is 0 Å². The van der Waals surface area contributed by atoms with Crippen LogP contribution in [-0.2, 0) is 5.41 Å². The minimum atomic E-state index is -0.261. The molecule has 2 aromatic rings. The lowest BCUT2D eigenvalue weighted by atomic mass is 9.87. The molecule has 1 heterocycles. The van der Waals surface area contributed by atoms with Gasteiger partial charge in [0.25, 0.3) is 5.91 Å².